The second-order valence-corrected chi connectivity index (χ2v) is 6.80. The van der Waals surface area contributed by atoms with Gasteiger partial charge >= 0.3 is 0 Å². The number of amides is 1. The first-order chi connectivity index (χ1) is 14.1. The topological polar surface area (TPSA) is 63.4 Å². The standard InChI is InChI=1S/C24H22N2O3/c1-15-13-16(8-10-21(15)28-2)7-9-17-5-4-6-19-23(17)18(24(27)26-19)14-20-22(29-3)11-12-25-20/h4-14,25H,1-3H3,(H,26,27)/b9-7+,18-14-. The highest BCUT2D eigenvalue weighted by molar-refractivity contribution is 6.35. The van der Waals surface area contributed by atoms with Gasteiger partial charge in [-0.25, -0.2) is 0 Å². The number of methoxy groups -OCH3 is 2. The number of carbonyl (C=O) groups is 1. The Bertz CT molecular complexity index is 1140. The summed E-state index contributed by atoms with van der Waals surface area (Å²) in [4.78, 5) is 15.7. The van der Waals surface area contributed by atoms with E-state index in [0.29, 0.717) is 11.3 Å². The zero-order chi connectivity index (χ0) is 20.4. The highest BCUT2D eigenvalue weighted by atomic mass is 16.5. The average molecular weight is 386 g/mol. The van der Waals surface area contributed by atoms with Gasteiger partial charge in [-0.05, 0) is 54.0 Å². The molecule has 0 spiro atoms. The SMILES string of the molecule is COc1ccc(/C=C/c2cccc3c2/C(=C/c2[nH]ccc2OC)C(=O)N3)cc1C. The number of anilines is 1. The first-order valence-electron chi connectivity index (χ1n) is 9.31. The summed E-state index contributed by atoms with van der Waals surface area (Å²) in [6, 6.07) is 13.7. The molecule has 1 amide bonds. The van der Waals surface area contributed by atoms with Gasteiger partial charge in [-0.3, -0.25) is 4.79 Å². The fourth-order valence-electron chi connectivity index (χ4n) is 3.55. The summed E-state index contributed by atoms with van der Waals surface area (Å²) in [6.45, 7) is 2.02. The molecule has 29 heavy (non-hydrogen) atoms. The van der Waals surface area contributed by atoms with Crippen molar-refractivity contribution in [1.82, 2.24) is 4.98 Å². The quantitative estimate of drug-likeness (QED) is 0.479. The lowest BCUT2D eigenvalue weighted by atomic mass is 9.98. The maximum Gasteiger partial charge on any atom is 0.256 e. The Labute approximate surface area is 169 Å². The number of benzene rings is 2. The molecular weight excluding hydrogens is 364 g/mol. The Morgan fingerprint density at radius 2 is 1.79 bits per heavy atom. The molecule has 5 nitrogen and oxygen atoms in total. The molecule has 0 unspecified atom stereocenters. The molecular formula is C24H22N2O3. The van der Waals surface area contributed by atoms with Gasteiger partial charge in [0, 0.05) is 17.4 Å². The van der Waals surface area contributed by atoms with E-state index < -0.39 is 0 Å². The van der Waals surface area contributed by atoms with Crippen molar-refractivity contribution >= 4 is 35.4 Å². The van der Waals surface area contributed by atoms with Crippen molar-refractivity contribution in [3.05, 3.63) is 76.6 Å². The maximum atomic E-state index is 12.6. The number of carbonyl (C=O) groups excluding carboxylic acids is 1. The van der Waals surface area contributed by atoms with E-state index in [1.165, 1.54) is 0 Å². The summed E-state index contributed by atoms with van der Waals surface area (Å²) >= 11 is 0. The number of fused-ring (bicyclic) bond motifs is 1. The van der Waals surface area contributed by atoms with Crippen LogP contribution < -0.4 is 14.8 Å². The number of ether oxygens (including phenoxy) is 2. The van der Waals surface area contributed by atoms with E-state index in [9.17, 15) is 4.79 Å². The second-order valence-electron chi connectivity index (χ2n) is 6.80. The van der Waals surface area contributed by atoms with E-state index in [4.69, 9.17) is 9.47 Å². The van der Waals surface area contributed by atoms with Gasteiger partial charge in [0.2, 0.25) is 0 Å². The Hall–Kier alpha value is -3.73. The van der Waals surface area contributed by atoms with Crippen molar-refractivity contribution in [2.75, 3.05) is 19.5 Å². The van der Waals surface area contributed by atoms with Crippen molar-refractivity contribution < 1.29 is 14.3 Å². The highest BCUT2D eigenvalue weighted by Crippen LogP contribution is 2.37. The molecule has 1 aliphatic heterocycles. The number of aryl methyl sites for hydroxylation is 1. The molecule has 2 N–H and O–H groups in total. The van der Waals surface area contributed by atoms with Gasteiger partial charge in [0.25, 0.3) is 5.91 Å². The van der Waals surface area contributed by atoms with E-state index in [2.05, 4.69) is 16.4 Å². The summed E-state index contributed by atoms with van der Waals surface area (Å²) in [6.07, 6.45) is 7.68. The molecule has 3 aromatic rings. The van der Waals surface area contributed by atoms with Gasteiger partial charge in [0.05, 0.1) is 25.5 Å². The monoisotopic (exact) mass is 386 g/mol. The van der Waals surface area contributed by atoms with Crippen LogP contribution >= 0.6 is 0 Å². The lowest BCUT2D eigenvalue weighted by molar-refractivity contribution is -0.110. The molecule has 0 radical (unpaired) electrons. The third-order valence-electron chi connectivity index (χ3n) is 4.98. The van der Waals surface area contributed by atoms with E-state index in [0.717, 1.165) is 39.4 Å². The minimum atomic E-state index is -0.127. The van der Waals surface area contributed by atoms with Gasteiger partial charge in [-0.2, -0.15) is 0 Å². The number of rotatable bonds is 5. The third-order valence-corrected chi connectivity index (χ3v) is 4.98. The van der Waals surface area contributed by atoms with Gasteiger partial charge in [-0.1, -0.05) is 30.4 Å². The van der Waals surface area contributed by atoms with Crippen LogP contribution in [0.1, 0.15) is 27.9 Å². The van der Waals surface area contributed by atoms with Crippen molar-refractivity contribution in [1.29, 1.82) is 0 Å². The zero-order valence-corrected chi connectivity index (χ0v) is 16.6. The van der Waals surface area contributed by atoms with E-state index in [-0.39, 0.29) is 5.91 Å². The third kappa shape index (κ3) is 3.55. The highest BCUT2D eigenvalue weighted by Gasteiger charge is 2.26. The summed E-state index contributed by atoms with van der Waals surface area (Å²) < 4.78 is 10.7. The van der Waals surface area contributed by atoms with Gasteiger partial charge in [0.1, 0.15) is 11.5 Å². The normalized spacial score (nSPS) is 14.3. The van der Waals surface area contributed by atoms with E-state index in [1.807, 2.05) is 61.5 Å². The molecule has 5 heteroatoms. The van der Waals surface area contributed by atoms with Crippen molar-refractivity contribution in [3.63, 3.8) is 0 Å². The maximum absolute atomic E-state index is 12.6. The van der Waals surface area contributed by atoms with E-state index >= 15 is 0 Å². The Kier molecular flexibility index (Phi) is 4.96. The average Bonchev–Trinajstić information content (AvgIpc) is 3.30. The summed E-state index contributed by atoms with van der Waals surface area (Å²) in [7, 11) is 3.28. The van der Waals surface area contributed by atoms with Crippen LogP contribution in [0.15, 0.2) is 48.7 Å². The minimum Gasteiger partial charge on any atom is -0.496 e. The lowest BCUT2D eigenvalue weighted by Gasteiger charge is -2.06. The lowest BCUT2D eigenvalue weighted by Crippen LogP contribution is -2.03. The summed E-state index contributed by atoms with van der Waals surface area (Å²) in [5.74, 6) is 1.43. The van der Waals surface area contributed by atoms with Gasteiger partial charge in [-0.15, -0.1) is 0 Å². The first-order valence-corrected chi connectivity index (χ1v) is 9.31. The predicted molar refractivity (Wildman–Crippen MR) is 117 cm³/mol. The van der Waals surface area contributed by atoms with Crippen LogP contribution in [-0.2, 0) is 4.79 Å². The smallest absolute Gasteiger partial charge is 0.256 e. The number of hydrogen-bond donors (Lipinski definition) is 2. The van der Waals surface area contributed by atoms with Crippen LogP contribution in [0.2, 0.25) is 0 Å². The molecule has 0 saturated heterocycles. The minimum absolute atomic E-state index is 0.127. The largest absolute Gasteiger partial charge is 0.496 e. The molecule has 0 fully saturated rings. The van der Waals surface area contributed by atoms with Crippen LogP contribution in [0.5, 0.6) is 11.5 Å². The molecule has 2 aromatic carbocycles. The van der Waals surface area contributed by atoms with Crippen LogP contribution in [0.4, 0.5) is 5.69 Å². The fraction of sp³-hybridized carbons (Fsp3) is 0.125. The molecule has 2 heterocycles. The van der Waals surface area contributed by atoms with Crippen molar-refractivity contribution in [3.8, 4) is 11.5 Å². The first kappa shape index (κ1) is 18.6. The fourth-order valence-corrected chi connectivity index (χ4v) is 3.55. The Balaban J connectivity index is 1.74. The van der Waals surface area contributed by atoms with Crippen LogP contribution in [0.3, 0.4) is 0 Å². The summed E-state index contributed by atoms with van der Waals surface area (Å²) in [5.41, 5.74) is 6.16. The summed E-state index contributed by atoms with van der Waals surface area (Å²) in [5, 5.41) is 2.95. The van der Waals surface area contributed by atoms with Crippen molar-refractivity contribution in [2.45, 2.75) is 6.92 Å². The molecule has 0 saturated carbocycles. The number of aromatic nitrogens is 1. The molecule has 0 aliphatic carbocycles. The van der Waals surface area contributed by atoms with Crippen LogP contribution in [0, 0.1) is 6.92 Å². The van der Waals surface area contributed by atoms with Crippen LogP contribution in [0.25, 0.3) is 23.8 Å². The Morgan fingerprint density at radius 3 is 2.55 bits per heavy atom. The number of nitrogens with one attached hydrogen (secondary N) is 2. The second kappa shape index (κ2) is 7.72. The Morgan fingerprint density at radius 1 is 0.966 bits per heavy atom. The number of H-pyrrole nitrogens is 1. The number of hydrogen-bond acceptors (Lipinski definition) is 3. The molecule has 4 rings (SSSR count). The van der Waals surface area contributed by atoms with E-state index in [1.54, 1.807) is 20.4 Å². The molecule has 1 aromatic heterocycles. The van der Waals surface area contributed by atoms with Crippen molar-refractivity contribution in [2.24, 2.45) is 0 Å². The number of aromatic amines is 1. The molecule has 146 valence electrons. The molecule has 0 bridgehead atoms. The van der Waals surface area contributed by atoms with Gasteiger partial charge in [0.15, 0.2) is 0 Å². The molecule has 0 atom stereocenters. The van der Waals surface area contributed by atoms with Gasteiger partial charge < -0.3 is 19.8 Å². The molecule has 1 aliphatic rings. The zero-order valence-electron chi connectivity index (χ0n) is 16.6. The predicted octanol–water partition coefficient (Wildman–Crippen LogP) is 5.00. The van der Waals surface area contributed by atoms with Crippen LogP contribution in [-0.4, -0.2) is 25.1 Å².